The minimum Gasteiger partial charge on any atom is -0.506 e. The Hall–Kier alpha value is -0.900. The van der Waals surface area contributed by atoms with Crippen LogP contribution in [0.4, 0.5) is 5.69 Å². The molecule has 3 nitrogen and oxygen atoms in total. The van der Waals surface area contributed by atoms with Gasteiger partial charge in [0, 0.05) is 4.47 Å². The SMILES string of the molecule is Nc1c(O)cc(Br)cc1OC1CC1. The normalized spacial score (nSPS) is 15.8. The first-order valence-corrected chi connectivity index (χ1v) is 4.91. The van der Waals surface area contributed by atoms with Crippen LogP contribution >= 0.6 is 15.9 Å². The lowest BCUT2D eigenvalue weighted by Crippen LogP contribution is -1.99. The fourth-order valence-corrected chi connectivity index (χ4v) is 1.47. The molecule has 0 spiro atoms. The number of nitrogens with two attached hydrogens (primary N) is 1. The highest BCUT2D eigenvalue weighted by molar-refractivity contribution is 9.10. The van der Waals surface area contributed by atoms with E-state index < -0.39 is 0 Å². The second kappa shape index (κ2) is 3.10. The third-order valence-corrected chi connectivity index (χ3v) is 2.36. The molecule has 1 aromatic rings. The lowest BCUT2D eigenvalue weighted by atomic mass is 10.3. The summed E-state index contributed by atoms with van der Waals surface area (Å²) in [5.41, 5.74) is 5.95. The topological polar surface area (TPSA) is 55.5 Å². The maximum atomic E-state index is 9.38. The summed E-state index contributed by atoms with van der Waals surface area (Å²) in [7, 11) is 0. The average Bonchev–Trinajstić information content (AvgIpc) is 2.83. The second-order valence-electron chi connectivity index (χ2n) is 3.15. The number of phenols is 1. The quantitative estimate of drug-likeness (QED) is 0.619. The lowest BCUT2D eigenvalue weighted by Gasteiger charge is -2.09. The van der Waals surface area contributed by atoms with Crippen molar-refractivity contribution in [2.45, 2.75) is 18.9 Å². The van der Waals surface area contributed by atoms with Gasteiger partial charge in [0.15, 0.2) is 0 Å². The van der Waals surface area contributed by atoms with Crippen molar-refractivity contribution in [3.05, 3.63) is 16.6 Å². The largest absolute Gasteiger partial charge is 0.506 e. The predicted octanol–water partition coefficient (Wildman–Crippen LogP) is 2.28. The highest BCUT2D eigenvalue weighted by atomic mass is 79.9. The number of halogens is 1. The molecule has 1 aliphatic carbocycles. The van der Waals surface area contributed by atoms with E-state index in [1.54, 1.807) is 12.1 Å². The Balaban J connectivity index is 2.30. The van der Waals surface area contributed by atoms with Crippen LogP contribution in [0.15, 0.2) is 16.6 Å². The Morgan fingerprint density at radius 2 is 2.15 bits per heavy atom. The zero-order chi connectivity index (χ0) is 9.42. The van der Waals surface area contributed by atoms with Gasteiger partial charge in [-0.05, 0) is 25.0 Å². The summed E-state index contributed by atoms with van der Waals surface area (Å²) in [6.45, 7) is 0. The number of ether oxygens (including phenoxy) is 1. The first-order valence-electron chi connectivity index (χ1n) is 4.11. The Morgan fingerprint density at radius 3 is 2.77 bits per heavy atom. The predicted molar refractivity (Wildman–Crippen MR) is 53.9 cm³/mol. The van der Waals surface area contributed by atoms with Crippen LogP contribution in [0.1, 0.15) is 12.8 Å². The maximum absolute atomic E-state index is 9.38. The Labute approximate surface area is 84.6 Å². The summed E-state index contributed by atoms with van der Waals surface area (Å²) in [6.07, 6.45) is 2.44. The third kappa shape index (κ3) is 1.88. The van der Waals surface area contributed by atoms with Gasteiger partial charge < -0.3 is 15.6 Å². The van der Waals surface area contributed by atoms with E-state index in [1.165, 1.54) is 0 Å². The molecule has 0 saturated heterocycles. The van der Waals surface area contributed by atoms with Gasteiger partial charge in [0.05, 0.1) is 6.10 Å². The molecule has 70 valence electrons. The molecule has 0 atom stereocenters. The van der Waals surface area contributed by atoms with E-state index in [0.29, 0.717) is 11.4 Å². The van der Waals surface area contributed by atoms with Crippen molar-refractivity contribution in [3.63, 3.8) is 0 Å². The molecule has 0 unspecified atom stereocenters. The smallest absolute Gasteiger partial charge is 0.147 e. The summed E-state index contributed by atoms with van der Waals surface area (Å²) >= 11 is 3.26. The lowest BCUT2D eigenvalue weighted by molar-refractivity contribution is 0.303. The second-order valence-corrected chi connectivity index (χ2v) is 4.07. The van der Waals surface area contributed by atoms with E-state index in [9.17, 15) is 5.11 Å². The van der Waals surface area contributed by atoms with Crippen LogP contribution in [-0.2, 0) is 0 Å². The van der Waals surface area contributed by atoms with Crippen LogP contribution in [0, 0.1) is 0 Å². The van der Waals surface area contributed by atoms with E-state index in [4.69, 9.17) is 10.5 Å². The molecule has 1 fully saturated rings. The van der Waals surface area contributed by atoms with Gasteiger partial charge >= 0.3 is 0 Å². The third-order valence-electron chi connectivity index (χ3n) is 1.90. The molecule has 13 heavy (non-hydrogen) atoms. The number of anilines is 1. The van der Waals surface area contributed by atoms with Gasteiger partial charge in [0.25, 0.3) is 0 Å². The molecule has 0 aliphatic heterocycles. The molecule has 0 aromatic heterocycles. The number of hydrogen-bond acceptors (Lipinski definition) is 3. The van der Waals surface area contributed by atoms with Gasteiger partial charge in [-0.1, -0.05) is 15.9 Å². The number of rotatable bonds is 2. The monoisotopic (exact) mass is 243 g/mol. The van der Waals surface area contributed by atoms with Gasteiger partial charge in [-0.2, -0.15) is 0 Å². The first kappa shape index (κ1) is 8.69. The Morgan fingerprint density at radius 1 is 1.46 bits per heavy atom. The fourth-order valence-electron chi connectivity index (χ4n) is 1.04. The molecule has 0 heterocycles. The highest BCUT2D eigenvalue weighted by Gasteiger charge is 2.24. The number of phenolic OH excluding ortho intramolecular Hbond substituents is 1. The average molecular weight is 244 g/mol. The van der Waals surface area contributed by atoms with Crippen LogP contribution in [0.25, 0.3) is 0 Å². The van der Waals surface area contributed by atoms with Gasteiger partial charge in [-0.15, -0.1) is 0 Å². The van der Waals surface area contributed by atoms with Gasteiger partial charge in [0.2, 0.25) is 0 Å². The van der Waals surface area contributed by atoms with Gasteiger partial charge in [-0.3, -0.25) is 0 Å². The standard InChI is InChI=1S/C9H10BrNO2/c10-5-3-7(12)9(11)8(4-5)13-6-1-2-6/h3-4,6,12H,1-2,11H2. The number of aromatic hydroxyl groups is 1. The van der Waals surface area contributed by atoms with Crippen molar-refractivity contribution in [1.82, 2.24) is 0 Å². The summed E-state index contributed by atoms with van der Waals surface area (Å²) in [5, 5.41) is 9.38. The summed E-state index contributed by atoms with van der Waals surface area (Å²) < 4.78 is 6.28. The van der Waals surface area contributed by atoms with Crippen LogP contribution in [0.3, 0.4) is 0 Å². The van der Waals surface area contributed by atoms with Gasteiger partial charge in [-0.25, -0.2) is 0 Å². The number of hydrogen-bond donors (Lipinski definition) is 2. The fraction of sp³-hybridized carbons (Fsp3) is 0.333. The van der Waals surface area contributed by atoms with E-state index in [2.05, 4.69) is 15.9 Å². The highest BCUT2D eigenvalue weighted by Crippen LogP contribution is 2.37. The zero-order valence-corrected chi connectivity index (χ0v) is 8.54. The Kier molecular flexibility index (Phi) is 2.07. The number of benzene rings is 1. The molecule has 1 saturated carbocycles. The van der Waals surface area contributed by atoms with Crippen molar-refractivity contribution in [2.75, 3.05) is 5.73 Å². The van der Waals surface area contributed by atoms with Crippen molar-refractivity contribution in [3.8, 4) is 11.5 Å². The van der Waals surface area contributed by atoms with Gasteiger partial charge in [0.1, 0.15) is 17.2 Å². The van der Waals surface area contributed by atoms with Crippen molar-refractivity contribution in [1.29, 1.82) is 0 Å². The van der Waals surface area contributed by atoms with E-state index in [-0.39, 0.29) is 11.9 Å². The Bertz CT molecular complexity index is 337. The molecule has 1 aromatic carbocycles. The molecule has 3 N–H and O–H groups in total. The molecule has 0 radical (unpaired) electrons. The van der Waals surface area contributed by atoms with E-state index in [1.807, 2.05) is 0 Å². The molecular weight excluding hydrogens is 234 g/mol. The summed E-state index contributed by atoms with van der Waals surface area (Å²) in [5.74, 6) is 0.624. The zero-order valence-electron chi connectivity index (χ0n) is 6.96. The molecule has 0 bridgehead atoms. The van der Waals surface area contributed by atoms with E-state index in [0.717, 1.165) is 17.3 Å². The minimum atomic E-state index is 0.0602. The molecule has 2 rings (SSSR count). The van der Waals surface area contributed by atoms with Crippen LogP contribution in [0.5, 0.6) is 11.5 Å². The summed E-state index contributed by atoms with van der Waals surface area (Å²) in [6, 6.07) is 3.32. The van der Waals surface area contributed by atoms with Crippen LogP contribution in [0.2, 0.25) is 0 Å². The minimum absolute atomic E-state index is 0.0602. The van der Waals surface area contributed by atoms with Crippen molar-refractivity contribution >= 4 is 21.6 Å². The first-order chi connectivity index (χ1) is 6.16. The van der Waals surface area contributed by atoms with Crippen molar-refractivity contribution < 1.29 is 9.84 Å². The molecule has 1 aliphatic rings. The molecule has 0 amide bonds. The molecule has 4 heteroatoms. The number of nitrogen functional groups attached to an aromatic ring is 1. The van der Waals surface area contributed by atoms with E-state index >= 15 is 0 Å². The maximum Gasteiger partial charge on any atom is 0.147 e. The summed E-state index contributed by atoms with van der Waals surface area (Å²) in [4.78, 5) is 0. The van der Waals surface area contributed by atoms with Crippen molar-refractivity contribution in [2.24, 2.45) is 0 Å². The molecular formula is C9H10BrNO2. The van der Waals surface area contributed by atoms with Crippen LogP contribution < -0.4 is 10.5 Å². The van der Waals surface area contributed by atoms with Crippen LogP contribution in [-0.4, -0.2) is 11.2 Å².